The Labute approximate surface area is 127 Å². The predicted octanol–water partition coefficient (Wildman–Crippen LogP) is 1.49. The maximum absolute atomic E-state index is 12.4. The lowest BCUT2D eigenvalue weighted by Gasteiger charge is -2.37. The van der Waals surface area contributed by atoms with Crippen LogP contribution in [0.15, 0.2) is 0 Å². The van der Waals surface area contributed by atoms with Crippen LogP contribution in [0, 0.1) is 0 Å². The third kappa shape index (κ3) is 5.29. The molecule has 2 amide bonds. The monoisotopic (exact) mass is 305 g/mol. The van der Waals surface area contributed by atoms with E-state index in [1.807, 2.05) is 0 Å². The molecule has 1 aliphatic carbocycles. The molecule has 0 radical (unpaired) electrons. The second-order valence-corrected chi connectivity index (χ2v) is 5.53. The summed E-state index contributed by atoms with van der Waals surface area (Å²) >= 11 is 0. The van der Waals surface area contributed by atoms with Crippen molar-refractivity contribution >= 4 is 24.2 Å². The molecule has 0 aromatic heterocycles. The fourth-order valence-corrected chi connectivity index (χ4v) is 2.46. The van der Waals surface area contributed by atoms with E-state index in [1.54, 1.807) is 6.92 Å². The lowest BCUT2D eigenvalue weighted by Crippen LogP contribution is -2.62. The molecule has 0 spiro atoms. The minimum absolute atomic E-state index is 0. The van der Waals surface area contributed by atoms with E-state index in [2.05, 4.69) is 17.6 Å². The van der Waals surface area contributed by atoms with E-state index < -0.39 is 11.6 Å². The van der Waals surface area contributed by atoms with Gasteiger partial charge in [0.2, 0.25) is 11.8 Å². The first-order valence-corrected chi connectivity index (χ1v) is 7.38. The maximum Gasteiger partial charge on any atom is 0.245 e. The van der Waals surface area contributed by atoms with Gasteiger partial charge in [0.1, 0.15) is 5.54 Å². The third-order valence-corrected chi connectivity index (χ3v) is 3.73. The van der Waals surface area contributed by atoms with Crippen LogP contribution in [-0.4, -0.2) is 29.9 Å². The van der Waals surface area contributed by atoms with Crippen molar-refractivity contribution in [1.29, 1.82) is 0 Å². The van der Waals surface area contributed by atoms with Crippen LogP contribution in [0.1, 0.15) is 58.8 Å². The number of hydrogen-bond donors (Lipinski definition) is 3. The standard InChI is InChI=1S/C14H27N3O2.ClH/c1-3-4-10-16-13(19)14(8-6-5-7-9-14)17-12(18)11(2)15;/h11H,3-10,15H2,1-2H3,(H,16,19)(H,17,18);1H/t11-;/m0./s1. The highest BCUT2D eigenvalue weighted by Gasteiger charge is 2.40. The number of halogens is 1. The molecule has 0 saturated heterocycles. The molecule has 20 heavy (non-hydrogen) atoms. The first kappa shape index (κ1) is 19.2. The molecule has 1 aliphatic rings. The van der Waals surface area contributed by atoms with E-state index in [4.69, 9.17) is 5.73 Å². The van der Waals surface area contributed by atoms with Crippen LogP contribution < -0.4 is 16.4 Å². The van der Waals surface area contributed by atoms with E-state index in [-0.39, 0.29) is 24.2 Å². The van der Waals surface area contributed by atoms with E-state index in [0.717, 1.165) is 32.1 Å². The highest BCUT2D eigenvalue weighted by Crippen LogP contribution is 2.28. The lowest BCUT2D eigenvalue weighted by atomic mass is 9.80. The SMILES string of the molecule is CCCCNC(=O)C1(NC(=O)[C@H](C)N)CCCCC1.Cl. The number of hydrogen-bond acceptors (Lipinski definition) is 3. The van der Waals surface area contributed by atoms with Crippen LogP contribution in [0.3, 0.4) is 0 Å². The number of nitrogens with one attached hydrogen (secondary N) is 2. The molecule has 1 atom stereocenters. The molecule has 0 aromatic carbocycles. The molecule has 6 heteroatoms. The van der Waals surface area contributed by atoms with Crippen molar-refractivity contribution < 1.29 is 9.59 Å². The van der Waals surface area contributed by atoms with Crippen LogP contribution in [0.4, 0.5) is 0 Å². The molecular weight excluding hydrogens is 278 g/mol. The number of carbonyl (C=O) groups excluding carboxylic acids is 2. The molecule has 0 unspecified atom stereocenters. The van der Waals surface area contributed by atoms with Gasteiger partial charge in [-0.15, -0.1) is 12.4 Å². The highest BCUT2D eigenvalue weighted by atomic mass is 35.5. The summed E-state index contributed by atoms with van der Waals surface area (Å²) in [5.41, 5.74) is 4.85. The van der Waals surface area contributed by atoms with Crippen molar-refractivity contribution in [1.82, 2.24) is 10.6 Å². The van der Waals surface area contributed by atoms with Gasteiger partial charge in [0.15, 0.2) is 0 Å². The number of carbonyl (C=O) groups is 2. The summed E-state index contributed by atoms with van der Waals surface area (Å²) in [7, 11) is 0. The van der Waals surface area contributed by atoms with Crippen LogP contribution in [0.5, 0.6) is 0 Å². The van der Waals surface area contributed by atoms with Gasteiger partial charge >= 0.3 is 0 Å². The Hall–Kier alpha value is -0.810. The first-order chi connectivity index (χ1) is 9.02. The molecule has 118 valence electrons. The van der Waals surface area contributed by atoms with Gasteiger partial charge in [0.25, 0.3) is 0 Å². The summed E-state index contributed by atoms with van der Waals surface area (Å²) in [6.45, 7) is 4.40. The number of amides is 2. The number of nitrogens with two attached hydrogens (primary N) is 1. The Morgan fingerprint density at radius 2 is 1.85 bits per heavy atom. The van der Waals surface area contributed by atoms with Crippen LogP contribution in [-0.2, 0) is 9.59 Å². The van der Waals surface area contributed by atoms with Gasteiger partial charge < -0.3 is 16.4 Å². The predicted molar refractivity (Wildman–Crippen MR) is 82.8 cm³/mol. The Kier molecular flexibility index (Phi) is 8.81. The van der Waals surface area contributed by atoms with Gasteiger partial charge in [-0.1, -0.05) is 32.6 Å². The molecular formula is C14H28ClN3O2. The summed E-state index contributed by atoms with van der Waals surface area (Å²) < 4.78 is 0. The average Bonchev–Trinajstić information content (AvgIpc) is 2.39. The zero-order valence-electron chi connectivity index (χ0n) is 12.5. The molecule has 4 N–H and O–H groups in total. The topological polar surface area (TPSA) is 84.2 Å². The largest absolute Gasteiger partial charge is 0.354 e. The summed E-state index contributed by atoms with van der Waals surface area (Å²) in [6.07, 6.45) is 6.49. The van der Waals surface area contributed by atoms with Gasteiger partial charge in [-0.25, -0.2) is 0 Å². The number of rotatable bonds is 6. The maximum atomic E-state index is 12.4. The quantitative estimate of drug-likeness (QED) is 0.650. The van der Waals surface area contributed by atoms with Crippen molar-refractivity contribution in [2.75, 3.05) is 6.54 Å². The normalized spacial score (nSPS) is 18.6. The molecule has 1 rings (SSSR count). The molecule has 0 aromatic rings. The zero-order valence-corrected chi connectivity index (χ0v) is 13.4. The summed E-state index contributed by atoms with van der Waals surface area (Å²) in [6, 6.07) is -0.581. The lowest BCUT2D eigenvalue weighted by molar-refractivity contribution is -0.135. The minimum Gasteiger partial charge on any atom is -0.354 e. The Balaban J connectivity index is 0.00000361. The zero-order chi connectivity index (χ0) is 14.3. The number of unbranched alkanes of at least 4 members (excludes halogenated alkanes) is 1. The van der Waals surface area contributed by atoms with Crippen molar-refractivity contribution in [3.8, 4) is 0 Å². The van der Waals surface area contributed by atoms with Gasteiger partial charge in [0, 0.05) is 6.54 Å². The summed E-state index contributed by atoms with van der Waals surface area (Å²) in [4.78, 5) is 24.2. The Morgan fingerprint density at radius 3 is 2.35 bits per heavy atom. The van der Waals surface area contributed by atoms with Gasteiger partial charge in [-0.05, 0) is 26.2 Å². The molecule has 5 nitrogen and oxygen atoms in total. The minimum atomic E-state index is -0.739. The van der Waals surface area contributed by atoms with Crippen LogP contribution in [0.2, 0.25) is 0 Å². The van der Waals surface area contributed by atoms with Crippen molar-refractivity contribution in [2.24, 2.45) is 5.73 Å². The molecule has 1 fully saturated rings. The van der Waals surface area contributed by atoms with Crippen molar-refractivity contribution in [3.05, 3.63) is 0 Å². The molecule has 1 saturated carbocycles. The van der Waals surface area contributed by atoms with Gasteiger partial charge in [0.05, 0.1) is 6.04 Å². The van der Waals surface area contributed by atoms with E-state index in [1.165, 1.54) is 0 Å². The van der Waals surface area contributed by atoms with Crippen molar-refractivity contribution in [2.45, 2.75) is 70.4 Å². The fourth-order valence-electron chi connectivity index (χ4n) is 2.46. The van der Waals surface area contributed by atoms with Crippen LogP contribution >= 0.6 is 12.4 Å². The Bertz CT molecular complexity index is 316. The second kappa shape index (κ2) is 9.19. The highest BCUT2D eigenvalue weighted by molar-refractivity contribution is 5.93. The fraction of sp³-hybridized carbons (Fsp3) is 0.857. The summed E-state index contributed by atoms with van der Waals surface area (Å²) in [5, 5.41) is 5.83. The van der Waals surface area contributed by atoms with E-state index in [9.17, 15) is 9.59 Å². The van der Waals surface area contributed by atoms with Gasteiger partial charge in [-0.3, -0.25) is 9.59 Å². The van der Waals surface area contributed by atoms with E-state index in [0.29, 0.717) is 19.4 Å². The average molecular weight is 306 g/mol. The molecule has 0 aliphatic heterocycles. The first-order valence-electron chi connectivity index (χ1n) is 7.38. The van der Waals surface area contributed by atoms with Gasteiger partial charge in [-0.2, -0.15) is 0 Å². The smallest absolute Gasteiger partial charge is 0.245 e. The summed E-state index contributed by atoms with van der Waals surface area (Å²) in [5.74, 6) is -0.290. The Morgan fingerprint density at radius 1 is 1.25 bits per heavy atom. The van der Waals surface area contributed by atoms with Crippen LogP contribution in [0.25, 0.3) is 0 Å². The van der Waals surface area contributed by atoms with Crippen molar-refractivity contribution in [3.63, 3.8) is 0 Å². The molecule has 0 bridgehead atoms. The molecule has 0 heterocycles. The third-order valence-electron chi connectivity index (χ3n) is 3.73. The second-order valence-electron chi connectivity index (χ2n) is 5.53. The van der Waals surface area contributed by atoms with E-state index >= 15 is 0 Å².